The Morgan fingerprint density at radius 3 is 2.47 bits per heavy atom. The third kappa shape index (κ3) is 3.05. The van der Waals surface area contributed by atoms with Gasteiger partial charge in [0.1, 0.15) is 11.4 Å². The lowest BCUT2D eigenvalue weighted by atomic mass is 10.1. The highest BCUT2D eigenvalue weighted by atomic mass is 16.5. The van der Waals surface area contributed by atoms with Gasteiger partial charge in [0.05, 0.1) is 23.9 Å². The molecule has 0 spiro atoms. The summed E-state index contributed by atoms with van der Waals surface area (Å²) in [5.74, 6) is -1.48. The average Bonchev–Trinajstić information content (AvgIpc) is 2.99. The Morgan fingerprint density at radius 1 is 1.00 bits per heavy atom. The Bertz CT molecular complexity index is 1320. The first-order valence-corrected chi connectivity index (χ1v) is 8.70. The van der Waals surface area contributed by atoms with Gasteiger partial charge in [-0.05, 0) is 30.3 Å². The first kappa shape index (κ1) is 18.9. The van der Waals surface area contributed by atoms with Crippen LogP contribution in [0.5, 0.6) is 5.75 Å². The van der Waals surface area contributed by atoms with Gasteiger partial charge in [0.15, 0.2) is 0 Å². The Hall–Kier alpha value is -4.47. The van der Waals surface area contributed by atoms with Crippen LogP contribution in [0.2, 0.25) is 0 Å². The molecule has 1 aliphatic heterocycles. The molecule has 30 heavy (non-hydrogen) atoms. The smallest absolute Gasteiger partial charge is 0.325 e. The average molecular weight is 406 g/mol. The number of ether oxygens (including phenoxy) is 1. The maximum Gasteiger partial charge on any atom is 0.325 e. The van der Waals surface area contributed by atoms with Gasteiger partial charge in [-0.25, -0.2) is 9.69 Å². The van der Waals surface area contributed by atoms with Gasteiger partial charge in [-0.1, -0.05) is 12.1 Å². The van der Waals surface area contributed by atoms with Gasteiger partial charge in [-0.15, -0.1) is 0 Å². The zero-order chi connectivity index (χ0) is 21.4. The first-order chi connectivity index (χ1) is 14.4. The molecule has 0 bridgehead atoms. The topological polar surface area (TPSA) is 141 Å². The molecule has 10 nitrogen and oxygen atoms in total. The SMILES string of the molecule is COc1ccccc1N1C(=O)c2ccc(C(=O)Nc3c[nH]c(=O)[nH]c3=O)cc2C1=O. The lowest BCUT2D eigenvalue weighted by Gasteiger charge is -2.16. The van der Waals surface area contributed by atoms with Crippen molar-refractivity contribution < 1.29 is 19.1 Å². The molecular weight excluding hydrogens is 392 g/mol. The summed E-state index contributed by atoms with van der Waals surface area (Å²) in [6, 6.07) is 10.6. The van der Waals surface area contributed by atoms with E-state index in [1.165, 1.54) is 25.3 Å². The number of amides is 3. The fourth-order valence-electron chi connectivity index (χ4n) is 3.11. The predicted molar refractivity (Wildman–Crippen MR) is 106 cm³/mol. The zero-order valence-electron chi connectivity index (χ0n) is 15.5. The Labute approximate surface area is 168 Å². The molecular formula is C20H14N4O6. The summed E-state index contributed by atoms with van der Waals surface area (Å²) in [6.45, 7) is 0. The number of carbonyl (C=O) groups excluding carboxylic acids is 3. The molecule has 0 fully saturated rings. The maximum atomic E-state index is 12.9. The van der Waals surface area contributed by atoms with Gasteiger partial charge >= 0.3 is 5.69 Å². The van der Waals surface area contributed by atoms with E-state index in [-0.39, 0.29) is 28.1 Å². The number of hydrogen-bond acceptors (Lipinski definition) is 6. The van der Waals surface area contributed by atoms with E-state index in [1.807, 2.05) is 4.98 Å². The number of carbonyl (C=O) groups is 3. The lowest BCUT2D eigenvalue weighted by Crippen LogP contribution is -2.29. The van der Waals surface area contributed by atoms with Gasteiger partial charge < -0.3 is 15.0 Å². The second-order valence-electron chi connectivity index (χ2n) is 6.32. The number of nitrogens with one attached hydrogen (secondary N) is 3. The van der Waals surface area contributed by atoms with Crippen LogP contribution >= 0.6 is 0 Å². The number of methoxy groups -OCH3 is 1. The number of hydrogen-bond donors (Lipinski definition) is 3. The summed E-state index contributed by atoms with van der Waals surface area (Å²) in [7, 11) is 1.43. The van der Waals surface area contributed by atoms with Crippen LogP contribution in [0.1, 0.15) is 31.1 Å². The maximum absolute atomic E-state index is 12.9. The van der Waals surface area contributed by atoms with E-state index in [9.17, 15) is 24.0 Å². The number of benzene rings is 2. The molecule has 3 N–H and O–H groups in total. The Morgan fingerprint density at radius 2 is 1.73 bits per heavy atom. The summed E-state index contributed by atoms with van der Waals surface area (Å²) in [5.41, 5.74) is -1.12. The van der Waals surface area contributed by atoms with Gasteiger partial charge in [0.25, 0.3) is 23.3 Å². The molecule has 1 aliphatic rings. The van der Waals surface area contributed by atoms with Crippen LogP contribution < -0.4 is 26.2 Å². The van der Waals surface area contributed by atoms with E-state index < -0.39 is 29.0 Å². The molecule has 1 aromatic heterocycles. The molecule has 0 saturated carbocycles. The zero-order valence-corrected chi connectivity index (χ0v) is 15.5. The van der Waals surface area contributed by atoms with Crippen molar-refractivity contribution in [3.8, 4) is 5.75 Å². The molecule has 0 atom stereocenters. The van der Waals surface area contributed by atoms with Crippen LogP contribution in [-0.2, 0) is 0 Å². The summed E-state index contributed by atoms with van der Waals surface area (Å²) in [6.07, 6.45) is 1.06. The quantitative estimate of drug-likeness (QED) is 0.555. The van der Waals surface area contributed by atoms with Gasteiger partial charge in [0, 0.05) is 11.8 Å². The van der Waals surface area contributed by atoms with E-state index >= 15 is 0 Å². The Kier molecular flexibility index (Phi) is 4.51. The van der Waals surface area contributed by atoms with Crippen LogP contribution in [0.4, 0.5) is 11.4 Å². The number of aromatic nitrogens is 2. The number of imide groups is 1. The number of nitrogens with zero attached hydrogens (tertiary/aromatic N) is 1. The van der Waals surface area contributed by atoms with Crippen molar-refractivity contribution in [1.29, 1.82) is 0 Å². The van der Waals surface area contributed by atoms with Gasteiger partial charge in [-0.2, -0.15) is 0 Å². The first-order valence-electron chi connectivity index (χ1n) is 8.70. The number of H-pyrrole nitrogens is 2. The number of rotatable bonds is 4. The van der Waals surface area contributed by atoms with Crippen LogP contribution in [-0.4, -0.2) is 34.8 Å². The van der Waals surface area contributed by atoms with E-state index in [0.717, 1.165) is 11.1 Å². The highest BCUT2D eigenvalue weighted by Crippen LogP contribution is 2.34. The van der Waals surface area contributed by atoms with Gasteiger partial charge in [-0.3, -0.25) is 24.2 Å². The van der Waals surface area contributed by atoms with Crippen molar-refractivity contribution in [2.24, 2.45) is 0 Å². The molecule has 10 heteroatoms. The lowest BCUT2D eigenvalue weighted by molar-refractivity contribution is 0.0924. The number of fused-ring (bicyclic) bond motifs is 1. The summed E-state index contributed by atoms with van der Waals surface area (Å²) < 4.78 is 5.23. The van der Waals surface area contributed by atoms with Crippen molar-refractivity contribution in [3.63, 3.8) is 0 Å². The van der Waals surface area contributed by atoms with Crippen molar-refractivity contribution in [2.75, 3.05) is 17.3 Å². The van der Waals surface area contributed by atoms with Crippen LogP contribution in [0.15, 0.2) is 58.3 Å². The fourth-order valence-corrected chi connectivity index (χ4v) is 3.11. The minimum Gasteiger partial charge on any atom is -0.495 e. The van der Waals surface area contributed by atoms with Crippen LogP contribution in [0.25, 0.3) is 0 Å². The number of para-hydroxylation sites is 2. The molecule has 3 amide bonds. The molecule has 150 valence electrons. The van der Waals surface area contributed by atoms with Gasteiger partial charge in [0.2, 0.25) is 0 Å². The molecule has 0 radical (unpaired) electrons. The molecule has 2 heterocycles. The van der Waals surface area contributed by atoms with Crippen molar-refractivity contribution in [3.05, 3.63) is 86.2 Å². The molecule has 4 rings (SSSR count). The van der Waals surface area contributed by atoms with Crippen molar-refractivity contribution >= 4 is 29.1 Å². The normalized spacial score (nSPS) is 12.6. The minimum absolute atomic E-state index is 0.0499. The molecule has 0 unspecified atom stereocenters. The predicted octanol–water partition coefficient (Wildman–Crippen LogP) is 1.12. The molecule has 0 aliphatic carbocycles. The summed E-state index contributed by atoms with van der Waals surface area (Å²) >= 11 is 0. The highest BCUT2D eigenvalue weighted by molar-refractivity contribution is 6.35. The van der Waals surface area contributed by atoms with Crippen molar-refractivity contribution in [1.82, 2.24) is 9.97 Å². The van der Waals surface area contributed by atoms with E-state index in [0.29, 0.717) is 5.75 Å². The van der Waals surface area contributed by atoms with E-state index in [1.54, 1.807) is 24.3 Å². The molecule has 3 aromatic rings. The highest BCUT2D eigenvalue weighted by Gasteiger charge is 2.38. The Balaban J connectivity index is 1.67. The van der Waals surface area contributed by atoms with Crippen molar-refractivity contribution in [2.45, 2.75) is 0 Å². The third-order valence-corrected chi connectivity index (χ3v) is 4.54. The summed E-state index contributed by atoms with van der Waals surface area (Å²) in [5, 5.41) is 2.35. The second-order valence-corrected chi connectivity index (χ2v) is 6.32. The van der Waals surface area contributed by atoms with Crippen LogP contribution in [0, 0.1) is 0 Å². The second kappa shape index (κ2) is 7.17. The monoisotopic (exact) mass is 406 g/mol. The summed E-state index contributed by atoms with van der Waals surface area (Å²) in [4.78, 5) is 66.3. The fraction of sp³-hybridized carbons (Fsp3) is 0.0500. The van der Waals surface area contributed by atoms with Crippen LogP contribution in [0.3, 0.4) is 0 Å². The van der Waals surface area contributed by atoms with E-state index in [2.05, 4.69) is 10.3 Å². The van der Waals surface area contributed by atoms with E-state index in [4.69, 9.17) is 4.74 Å². The standard InChI is InChI=1S/C20H14N4O6/c1-30-15-5-3-2-4-14(15)24-18(27)11-7-6-10(8-12(11)19(24)28)16(25)22-13-9-21-20(29)23-17(13)26/h2-9H,1H3,(H,22,25)(H2,21,23,26,29). The molecule has 0 saturated heterocycles. The number of anilines is 2. The minimum atomic E-state index is -0.776. The largest absolute Gasteiger partial charge is 0.495 e. The third-order valence-electron chi connectivity index (χ3n) is 4.54. The number of aromatic amines is 2. The molecule has 2 aromatic carbocycles.